The van der Waals surface area contributed by atoms with Gasteiger partial charge < -0.3 is 15.2 Å². The number of aliphatic hydroxyl groups is 1. The fraction of sp³-hybridized carbons (Fsp3) is 0.588. The summed E-state index contributed by atoms with van der Waals surface area (Å²) in [6.45, 7) is 3.92. The average molecular weight is 291 g/mol. The minimum absolute atomic E-state index is 0.0304. The third-order valence-electron chi connectivity index (χ3n) is 4.20. The van der Waals surface area contributed by atoms with Gasteiger partial charge in [-0.1, -0.05) is 31.9 Å². The maximum absolute atomic E-state index is 12.2. The Bertz CT molecular complexity index is 475. The van der Waals surface area contributed by atoms with Crippen molar-refractivity contribution < 1.29 is 14.6 Å². The van der Waals surface area contributed by atoms with E-state index in [-0.39, 0.29) is 18.6 Å². The summed E-state index contributed by atoms with van der Waals surface area (Å²) in [7, 11) is 0. The predicted molar refractivity (Wildman–Crippen MR) is 82.0 cm³/mol. The fourth-order valence-electron chi connectivity index (χ4n) is 2.81. The molecule has 21 heavy (non-hydrogen) atoms. The van der Waals surface area contributed by atoms with Crippen LogP contribution < -0.4 is 10.1 Å². The van der Waals surface area contributed by atoms with Gasteiger partial charge in [-0.15, -0.1) is 0 Å². The molecule has 4 nitrogen and oxygen atoms in total. The van der Waals surface area contributed by atoms with E-state index in [4.69, 9.17) is 9.84 Å². The molecular weight excluding hydrogens is 266 g/mol. The molecule has 2 rings (SSSR count). The average Bonchev–Trinajstić information content (AvgIpc) is 2.49. The molecule has 0 saturated heterocycles. The zero-order valence-corrected chi connectivity index (χ0v) is 12.8. The van der Waals surface area contributed by atoms with Crippen molar-refractivity contribution in [2.24, 2.45) is 5.92 Å². The van der Waals surface area contributed by atoms with Crippen LogP contribution in [-0.4, -0.2) is 23.2 Å². The minimum Gasteiger partial charge on any atom is -0.481 e. The van der Waals surface area contributed by atoms with Crippen LogP contribution in [0, 0.1) is 5.92 Å². The van der Waals surface area contributed by atoms with Gasteiger partial charge in [0.2, 0.25) is 0 Å². The molecule has 3 atom stereocenters. The molecule has 1 amide bonds. The molecule has 1 aromatic rings. The van der Waals surface area contributed by atoms with E-state index in [1.165, 1.54) is 19.3 Å². The molecule has 1 fully saturated rings. The Morgan fingerprint density at radius 1 is 1.43 bits per heavy atom. The SMILES string of the molecule is CC(Oc1cccc(CO)c1)C(=O)NC1CCCCC1C. The summed E-state index contributed by atoms with van der Waals surface area (Å²) < 4.78 is 5.67. The van der Waals surface area contributed by atoms with Crippen LogP contribution in [0.15, 0.2) is 24.3 Å². The number of nitrogens with one attached hydrogen (secondary N) is 1. The van der Waals surface area contributed by atoms with Crippen molar-refractivity contribution in [3.8, 4) is 5.75 Å². The topological polar surface area (TPSA) is 58.6 Å². The smallest absolute Gasteiger partial charge is 0.261 e. The number of amides is 1. The monoisotopic (exact) mass is 291 g/mol. The van der Waals surface area contributed by atoms with E-state index >= 15 is 0 Å². The highest BCUT2D eigenvalue weighted by Crippen LogP contribution is 2.24. The highest BCUT2D eigenvalue weighted by molar-refractivity contribution is 5.81. The minimum atomic E-state index is -0.534. The van der Waals surface area contributed by atoms with Crippen molar-refractivity contribution in [1.29, 1.82) is 0 Å². The van der Waals surface area contributed by atoms with Gasteiger partial charge in [0.05, 0.1) is 6.61 Å². The van der Waals surface area contributed by atoms with Gasteiger partial charge in [0, 0.05) is 6.04 Å². The van der Waals surface area contributed by atoms with Gasteiger partial charge in [0.15, 0.2) is 6.10 Å². The van der Waals surface area contributed by atoms with Gasteiger partial charge >= 0.3 is 0 Å². The lowest BCUT2D eigenvalue weighted by molar-refractivity contribution is -0.128. The highest BCUT2D eigenvalue weighted by Gasteiger charge is 2.25. The highest BCUT2D eigenvalue weighted by atomic mass is 16.5. The molecule has 1 aromatic carbocycles. The van der Waals surface area contributed by atoms with Crippen LogP contribution in [0.4, 0.5) is 0 Å². The first-order valence-electron chi connectivity index (χ1n) is 7.77. The van der Waals surface area contributed by atoms with E-state index < -0.39 is 6.10 Å². The molecule has 3 unspecified atom stereocenters. The summed E-state index contributed by atoms with van der Waals surface area (Å²) in [5, 5.41) is 12.2. The first-order chi connectivity index (χ1) is 10.1. The van der Waals surface area contributed by atoms with Gasteiger partial charge in [-0.25, -0.2) is 0 Å². The molecule has 1 aliphatic carbocycles. The number of rotatable bonds is 5. The predicted octanol–water partition coefficient (Wildman–Crippen LogP) is 2.64. The molecule has 4 heteroatoms. The zero-order valence-electron chi connectivity index (χ0n) is 12.8. The number of carbonyl (C=O) groups excluding carboxylic acids is 1. The van der Waals surface area contributed by atoms with E-state index in [1.54, 1.807) is 19.1 Å². The molecule has 116 valence electrons. The number of hydrogen-bond acceptors (Lipinski definition) is 3. The fourth-order valence-corrected chi connectivity index (χ4v) is 2.81. The molecule has 0 radical (unpaired) electrons. The van der Waals surface area contributed by atoms with Gasteiger partial charge in [0.1, 0.15) is 5.75 Å². The van der Waals surface area contributed by atoms with Gasteiger partial charge in [-0.3, -0.25) is 4.79 Å². The standard InChI is InChI=1S/C17H25NO3/c1-12-6-3-4-9-16(12)18-17(20)13(2)21-15-8-5-7-14(10-15)11-19/h5,7-8,10,12-13,16,19H,3-4,6,9,11H2,1-2H3,(H,18,20). The van der Waals surface area contributed by atoms with Crippen LogP contribution in [-0.2, 0) is 11.4 Å². The zero-order chi connectivity index (χ0) is 15.2. The Hall–Kier alpha value is -1.55. The molecule has 2 N–H and O–H groups in total. The summed E-state index contributed by atoms with van der Waals surface area (Å²) in [6, 6.07) is 7.45. The van der Waals surface area contributed by atoms with Crippen LogP contribution in [0.5, 0.6) is 5.75 Å². The first-order valence-corrected chi connectivity index (χ1v) is 7.77. The number of carbonyl (C=O) groups is 1. The van der Waals surface area contributed by atoms with E-state index in [1.807, 2.05) is 12.1 Å². The molecule has 0 bridgehead atoms. The van der Waals surface area contributed by atoms with Crippen molar-refractivity contribution >= 4 is 5.91 Å². The normalized spacial score (nSPS) is 23.4. The maximum Gasteiger partial charge on any atom is 0.261 e. The lowest BCUT2D eigenvalue weighted by atomic mass is 9.86. The largest absolute Gasteiger partial charge is 0.481 e. The third-order valence-corrected chi connectivity index (χ3v) is 4.20. The molecule has 0 aliphatic heterocycles. The van der Waals surface area contributed by atoms with Gasteiger partial charge in [-0.2, -0.15) is 0 Å². The Labute approximate surface area is 126 Å². The van der Waals surface area contributed by atoms with Crippen LogP contribution in [0.25, 0.3) is 0 Å². The second-order valence-electron chi connectivity index (χ2n) is 5.94. The lowest BCUT2D eigenvalue weighted by Gasteiger charge is -2.30. The Morgan fingerprint density at radius 3 is 2.90 bits per heavy atom. The second kappa shape index (κ2) is 7.46. The van der Waals surface area contributed by atoms with Crippen molar-refractivity contribution in [2.75, 3.05) is 0 Å². The number of benzene rings is 1. The summed E-state index contributed by atoms with van der Waals surface area (Å²) in [6.07, 6.45) is 4.14. The van der Waals surface area contributed by atoms with E-state index in [9.17, 15) is 4.79 Å². The molecule has 0 spiro atoms. The van der Waals surface area contributed by atoms with Crippen molar-refractivity contribution in [3.05, 3.63) is 29.8 Å². The van der Waals surface area contributed by atoms with Crippen molar-refractivity contribution in [2.45, 2.75) is 58.3 Å². The van der Waals surface area contributed by atoms with Crippen LogP contribution in [0.1, 0.15) is 45.1 Å². The van der Waals surface area contributed by atoms with Gasteiger partial charge in [-0.05, 0) is 43.4 Å². The Morgan fingerprint density at radius 2 is 2.19 bits per heavy atom. The van der Waals surface area contributed by atoms with E-state index in [0.29, 0.717) is 11.7 Å². The Balaban J connectivity index is 1.89. The molecule has 1 saturated carbocycles. The van der Waals surface area contributed by atoms with Crippen LogP contribution in [0.2, 0.25) is 0 Å². The summed E-state index contributed by atoms with van der Waals surface area (Å²) in [5.74, 6) is 1.08. The van der Waals surface area contributed by atoms with Gasteiger partial charge in [0.25, 0.3) is 5.91 Å². The second-order valence-corrected chi connectivity index (χ2v) is 5.94. The number of aliphatic hydroxyl groups excluding tert-OH is 1. The maximum atomic E-state index is 12.2. The molecule has 0 heterocycles. The van der Waals surface area contributed by atoms with E-state index in [0.717, 1.165) is 12.0 Å². The van der Waals surface area contributed by atoms with E-state index in [2.05, 4.69) is 12.2 Å². The molecule has 0 aromatic heterocycles. The molecular formula is C17H25NO3. The summed E-state index contributed by atoms with van der Waals surface area (Å²) >= 11 is 0. The molecule has 1 aliphatic rings. The van der Waals surface area contributed by atoms with Crippen LogP contribution >= 0.6 is 0 Å². The number of hydrogen-bond donors (Lipinski definition) is 2. The summed E-state index contributed by atoms with van der Waals surface area (Å²) in [5.41, 5.74) is 0.779. The van der Waals surface area contributed by atoms with Crippen molar-refractivity contribution in [3.63, 3.8) is 0 Å². The Kier molecular flexibility index (Phi) is 5.62. The first kappa shape index (κ1) is 15.8. The summed E-state index contributed by atoms with van der Waals surface area (Å²) in [4.78, 5) is 12.2. The van der Waals surface area contributed by atoms with Crippen molar-refractivity contribution in [1.82, 2.24) is 5.32 Å². The number of ether oxygens (including phenoxy) is 1. The van der Waals surface area contributed by atoms with Crippen LogP contribution in [0.3, 0.4) is 0 Å². The lowest BCUT2D eigenvalue weighted by Crippen LogP contribution is -2.46. The quantitative estimate of drug-likeness (QED) is 0.877. The third kappa shape index (κ3) is 4.46.